The largest absolute Gasteiger partial charge is 0.396 e. The van der Waals surface area contributed by atoms with Crippen molar-refractivity contribution >= 4 is 11.8 Å². The summed E-state index contributed by atoms with van der Waals surface area (Å²) in [5, 5.41) is 23.8. The number of unbranched alkanes of at least 4 members (excludes halogenated alkanes) is 28. The first-order chi connectivity index (χ1) is 24.7. The zero-order valence-corrected chi connectivity index (χ0v) is 32.5. The SMILES string of the molecule is O=C(CCCCCCCCCCCCCCCCCO)NCc1cccc(CNC(=O)CCCCCCCCCCCCCCCCCO)c1. The molecule has 0 saturated heterocycles. The minimum Gasteiger partial charge on any atom is -0.396 e. The molecule has 1 rings (SSSR count). The molecule has 2 amide bonds. The molecule has 0 aliphatic rings. The topological polar surface area (TPSA) is 98.7 Å². The maximum atomic E-state index is 12.4. The van der Waals surface area contributed by atoms with E-state index in [0.717, 1.165) is 49.7 Å². The molecule has 0 aliphatic carbocycles. The van der Waals surface area contributed by atoms with E-state index in [0.29, 0.717) is 39.1 Å². The van der Waals surface area contributed by atoms with E-state index >= 15 is 0 Å². The smallest absolute Gasteiger partial charge is 0.220 e. The van der Waals surface area contributed by atoms with Crippen LogP contribution in [-0.2, 0) is 22.7 Å². The highest BCUT2D eigenvalue weighted by atomic mass is 16.3. The minimum absolute atomic E-state index is 0.130. The number of nitrogens with one attached hydrogen (secondary N) is 2. The van der Waals surface area contributed by atoms with E-state index in [2.05, 4.69) is 16.7 Å². The molecule has 0 aromatic heterocycles. The Morgan fingerprint density at radius 2 is 0.620 bits per heavy atom. The molecule has 0 spiro atoms. The number of benzene rings is 1. The van der Waals surface area contributed by atoms with E-state index in [1.807, 2.05) is 18.2 Å². The van der Waals surface area contributed by atoms with E-state index in [1.54, 1.807) is 0 Å². The molecule has 6 heteroatoms. The monoisotopic (exact) mass is 701 g/mol. The van der Waals surface area contributed by atoms with Crippen molar-refractivity contribution < 1.29 is 19.8 Å². The van der Waals surface area contributed by atoms with Crippen molar-refractivity contribution in [3.05, 3.63) is 35.4 Å². The van der Waals surface area contributed by atoms with Gasteiger partial charge in [-0.05, 0) is 36.8 Å². The van der Waals surface area contributed by atoms with Gasteiger partial charge in [0.2, 0.25) is 11.8 Å². The summed E-state index contributed by atoms with van der Waals surface area (Å²) in [7, 11) is 0. The molecule has 0 saturated carbocycles. The molecule has 6 nitrogen and oxygen atoms in total. The molecule has 0 radical (unpaired) electrons. The van der Waals surface area contributed by atoms with Gasteiger partial charge in [0.25, 0.3) is 0 Å². The zero-order chi connectivity index (χ0) is 36.0. The van der Waals surface area contributed by atoms with Crippen molar-refractivity contribution in [2.45, 2.75) is 219 Å². The fraction of sp³-hybridized carbons (Fsp3) is 0.818. The standard InChI is InChI=1S/C44H80N2O4/c47-36-29-25-21-17-13-9-5-1-3-7-11-15-19-23-27-34-43(49)45-39-41-32-31-33-42(38-41)40-46-44(50)35-28-24-20-16-12-8-4-2-6-10-14-18-22-26-30-37-48/h31-33,38,47-48H,1-30,34-37,39-40H2,(H,45,49)(H,46,50). The van der Waals surface area contributed by atoms with Crippen LogP contribution in [0.5, 0.6) is 0 Å². The highest BCUT2D eigenvalue weighted by Gasteiger charge is 2.05. The summed E-state index contributed by atoms with van der Waals surface area (Å²) in [5.74, 6) is 0.259. The fourth-order valence-corrected chi connectivity index (χ4v) is 6.82. The van der Waals surface area contributed by atoms with Crippen LogP contribution in [0.1, 0.15) is 217 Å². The van der Waals surface area contributed by atoms with Gasteiger partial charge in [-0.25, -0.2) is 0 Å². The first kappa shape index (κ1) is 46.1. The average molecular weight is 701 g/mol. The molecular weight excluding hydrogens is 620 g/mol. The summed E-state index contributed by atoms with van der Waals surface area (Å²) < 4.78 is 0. The van der Waals surface area contributed by atoms with Gasteiger partial charge in [-0.2, -0.15) is 0 Å². The van der Waals surface area contributed by atoms with Crippen LogP contribution in [0, 0.1) is 0 Å². The molecule has 0 atom stereocenters. The minimum atomic E-state index is 0.130. The van der Waals surface area contributed by atoms with Gasteiger partial charge in [0.1, 0.15) is 0 Å². The van der Waals surface area contributed by atoms with Gasteiger partial charge in [-0.3, -0.25) is 9.59 Å². The van der Waals surface area contributed by atoms with E-state index in [1.165, 1.54) is 154 Å². The third-order valence-corrected chi connectivity index (χ3v) is 10.1. The molecule has 0 heterocycles. The number of hydrogen-bond acceptors (Lipinski definition) is 4. The Morgan fingerprint density at radius 1 is 0.380 bits per heavy atom. The molecule has 0 aliphatic heterocycles. The second-order valence-corrected chi connectivity index (χ2v) is 14.9. The van der Waals surface area contributed by atoms with Gasteiger partial charge in [-0.15, -0.1) is 0 Å². The van der Waals surface area contributed by atoms with Crippen LogP contribution < -0.4 is 10.6 Å². The van der Waals surface area contributed by atoms with Crippen LogP contribution in [0.15, 0.2) is 24.3 Å². The summed E-state index contributed by atoms with van der Waals surface area (Å²) in [5.41, 5.74) is 2.15. The summed E-state index contributed by atoms with van der Waals surface area (Å²) in [6.45, 7) is 1.76. The first-order valence-corrected chi connectivity index (χ1v) is 21.5. The highest BCUT2D eigenvalue weighted by Crippen LogP contribution is 2.15. The molecule has 1 aromatic carbocycles. The van der Waals surface area contributed by atoms with Crippen molar-refractivity contribution in [2.75, 3.05) is 13.2 Å². The summed E-state index contributed by atoms with van der Waals surface area (Å²) in [6.07, 6.45) is 38.8. The van der Waals surface area contributed by atoms with Crippen LogP contribution in [0.3, 0.4) is 0 Å². The lowest BCUT2D eigenvalue weighted by atomic mass is 10.0. The lowest BCUT2D eigenvalue weighted by Gasteiger charge is -2.09. The van der Waals surface area contributed by atoms with Gasteiger partial charge in [-0.1, -0.05) is 191 Å². The molecule has 0 unspecified atom stereocenters. The highest BCUT2D eigenvalue weighted by molar-refractivity contribution is 5.76. The van der Waals surface area contributed by atoms with Crippen LogP contribution in [0.25, 0.3) is 0 Å². The summed E-state index contributed by atoms with van der Waals surface area (Å²) in [4.78, 5) is 24.7. The van der Waals surface area contributed by atoms with Gasteiger partial charge in [0.05, 0.1) is 0 Å². The molecule has 50 heavy (non-hydrogen) atoms. The second-order valence-electron chi connectivity index (χ2n) is 14.9. The van der Waals surface area contributed by atoms with Crippen LogP contribution in [-0.4, -0.2) is 35.2 Å². The Labute approximate surface area is 308 Å². The van der Waals surface area contributed by atoms with Crippen molar-refractivity contribution in [1.82, 2.24) is 10.6 Å². The Hall–Kier alpha value is -1.92. The Morgan fingerprint density at radius 3 is 0.880 bits per heavy atom. The van der Waals surface area contributed by atoms with Crippen molar-refractivity contribution in [1.29, 1.82) is 0 Å². The van der Waals surface area contributed by atoms with Crippen molar-refractivity contribution in [2.24, 2.45) is 0 Å². The molecule has 290 valence electrons. The van der Waals surface area contributed by atoms with Crippen molar-refractivity contribution in [3.8, 4) is 0 Å². The quantitative estimate of drug-likeness (QED) is 0.0516. The Kier molecular flexibility index (Phi) is 34.0. The van der Waals surface area contributed by atoms with Crippen LogP contribution in [0.2, 0.25) is 0 Å². The number of aliphatic hydroxyl groups excluding tert-OH is 2. The van der Waals surface area contributed by atoms with Crippen LogP contribution >= 0.6 is 0 Å². The van der Waals surface area contributed by atoms with Gasteiger partial charge in [0, 0.05) is 39.1 Å². The molecule has 1 aromatic rings. The lowest BCUT2D eigenvalue weighted by Crippen LogP contribution is -2.23. The fourth-order valence-electron chi connectivity index (χ4n) is 6.82. The predicted octanol–water partition coefficient (Wildman–Crippen LogP) is 11.4. The zero-order valence-electron chi connectivity index (χ0n) is 32.5. The molecular formula is C44H80N2O4. The molecule has 0 fully saturated rings. The Balaban J connectivity index is 1.92. The van der Waals surface area contributed by atoms with Gasteiger partial charge >= 0.3 is 0 Å². The predicted molar refractivity (Wildman–Crippen MR) is 212 cm³/mol. The summed E-state index contributed by atoms with van der Waals surface area (Å²) in [6, 6.07) is 8.17. The van der Waals surface area contributed by atoms with E-state index < -0.39 is 0 Å². The lowest BCUT2D eigenvalue weighted by molar-refractivity contribution is -0.122. The maximum absolute atomic E-state index is 12.4. The normalized spacial score (nSPS) is 11.2. The maximum Gasteiger partial charge on any atom is 0.220 e. The summed E-state index contributed by atoms with van der Waals surface area (Å²) >= 11 is 0. The Bertz CT molecular complexity index is 825. The second kappa shape index (κ2) is 36.9. The van der Waals surface area contributed by atoms with E-state index in [9.17, 15) is 9.59 Å². The molecule has 4 N–H and O–H groups in total. The van der Waals surface area contributed by atoms with Gasteiger partial charge in [0.15, 0.2) is 0 Å². The number of rotatable bonds is 38. The molecule has 0 bridgehead atoms. The number of hydrogen-bond donors (Lipinski definition) is 4. The number of carbonyl (C=O) groups excluding carboxylic acids is 2. The average Bonchev–Trinajstić information content (AvgIpc) is 3.13. The number of aliphatic hydroxyl groups is 2. The van der Waals surface area contributed by atoms with E-state index in [4.69, 9.17) is 10.2 Å². The first-order valence-electron chi connectivity index (χ1n) is 21.5. The third-order valence-electron chi connectivity index (χ3n) is 10.1. The number of amides is 2. The van der Waals surface area contributed by atoms with Crippen LogP contribution in [0.4, 0.5) is 0 Å². The number of carbonyl (C=O) groups is 2. The van der Waals surface area contributed by atoms with Crippen molar-refractivity contribution in [3.63, 3.8) is 0 Å². The third kappa shape index (κ3) is 32.0. The van der Waals surface area contributed by atoms with Gasteiger partial charge < -0.3 is 20.8 Å². The van der Waals surface area contributed by atoms with E-state index in [-0.39, 0.29) is 11.8 Å².